The predicted octanol–water partition coefficient (Wildman–Crippen LogP) is 2.88. The van der Waals surface area contributed by atoms with Crippen molar-refractivity contribution in [3.8, 4) is 0 Å². The van der Waals surface area contributed by atoms with E-state index in [9.17, 15) is 9.90 Å². The van der Waals surface area contributed by atoms with Crippen LogP contribution in [0.1, 0.15) is 41.7 Å². The quantitative estimate of drug-likeness (QED) is 0.928. The lowest BCUT2D eigenvalue weighted by molar-refractivity contribution is -0.141. The maximum absolute atomic E-state index is 12.5. The molecule has 0 bridgehead atoms. The molecule has 0 aliphatic carbocycles. The number of aliphatic hydroxyl groups excluding tert-OH is 1. The Bertz CT molecular complexity index is 712. The van der Waals surface area contributed by atoms with Crippen molar-refractivity contribution >= 4 is 17.5 Å². The monoisotopic (exact) mass is 345 g/mol. The van der Waals surface area contributed by atoms with Gasteiger partial charge in [-0.2, -0.15) is 0 Å². The first-order valence-electron chi connectivity index (χ1n) is 8.05. The number of carbonyl (C=O) groups excluding carboxylic acids is 1. The molecule has 1 unspecified atom stereocenters. The van der Waals surface area contributed by atoms with Crippen molar-refractivity contribution in [2.75, 3.05) is 13.1 Å². The average Bonchev–Trinajstić information content (AvgIpc) is 2.62. The number of hydrogen-bond acceptors (Lipinski definition) is 4. The summed E-state index contributed by atoms with van der Waals surface area (Å²) in [6.45, 7) is 3.26. The largest absolute Gasteiger partial charge is 0.378 e. The fraction of sp³-hybridized carbons (Fsp3) is 0.389. The van der Waals surface area contributed by atoms with Gasteiger partial charge in [0.2, 0.25) is 0 Å². The van der Waals surface area contributed by atoms with Crippen LogP contribution in [0.3, 0.4) is 0 Å². The van der Waals surface area contributed by atoms with Crippen molar-refractivity contribution in [2.45, 2.75) is 31.8 Å². The number of aromatic nitrogens is 2. The molecule has 1 saturated heterocycles. The second kappa shape index (κ2) is 7.28. The summed E-state index contributed by atoms with van der Waals surface area (Å²) in [7, 11) is 0. The molecule has 1 fully saturated rings. The number of hydrogen-bond donors (Lipinski definition) is 1. The lowest BCUT2D eigenvalue weighted by Crippen LogP contribution is -2.40. The van der Waals surface area contributed by atoms with E-state index in [0.29, 0.717) is 29.6 Å². The SMILES string of the molecule is Cc1cncnc1C1CCN(C(=O)C(O)c2ccc(Cl)cc2)CC1. The average molecular weight is 346 g/mol. The van der Waals surface area contributed by atoms with Gasteiger partial charge < -0.3 is 10.0 Å². The first-order chi connectivity index (χ1) is 11.6. The zero-order chi connectivity index (χ0) is 17.1. The van der Waals surface area contributed by atoms with Crippen LogP contribution in [0.25, 0.3) is 0 Å². The molecule has 1 aromatic carbocycles. The number of benzene rings is 1. The number of aryl methyl sites for hydroxylation is 1. The third kappa shape index (κ3) is 3.57. The summed E-state index contributed by atoms with van der Waals surface area (Å²) in [4.78, 5) is 22.7. The molecule has 2 heterocycles. The first kappa shape index (κ1) is 16.9. The van der Waals surface area contributed by atoms with Crippen LogP contribution in [0.5, 0.6) is 0 Å². The number of carbonyl (C=O) groups is 1. The zero-order valence-corrected chi connectivity index (χ0v) is 14.3. The van der Waals surface area contributed by atoms with E-state index in [1.54, 1.807) is 35.5 Å². The maximum atomic E-state index is 12.5. The summed E-state index contributed by atoms with van der Waals surface area (Å²) in [5.41, 5.74) is 2.72. The molecule has 2 aromatic rings. The number of piperidine rings is 1. The van der Waals surface area contributed by atoms with Gasteiger partial charge in [-0.3, -0.25) is 4.79 Å². The Labute approximate surface area is 146 Å². The number of nitrogens with zero attached hydrogens (tertiary/aromatic N) is 3. The minimum Gasteiger partial charge on any atom is -0.378 e. The van der Waals surface area contributed by atoms with Crippen molar-refractivity contribution < 1.29 is 9.90 Å². The summed E-state index contributed by atoms with van der Waals surface area (Å²) in [6, 6.07) is 6.72. The smallest absolute Gasteiger partial charge is 0.256 e. The maximum Gasteiger partial charge on any atom is 0.256 e. The van der Waals surface area contributed by atoms with Gasteiger partial charge in [0.25, 0.3) is 5.91 Å². The molecule has 1 N–H and O–H groups in total. The fourth-order valence-corrected chi connectivity index (χ4v) is 3.30. The molecule has 6 heteroatoms. The van der Waals surface area contributed by atoms with Gasteiger partial charge in [-0.15, -0.1) is 0 Å². The van der Waals surface area contributed by atoms with Crippen molar-refractivity contribution in [1.29, 1.82) is 0 Å². The van der Waals surface area contributed by atoms with Crippen LogP contribution >= 0.6 is 11.6 Å². The van der Waals surface area contributed by atoms with Crippen LogP contribution in [0, 0.1) is 6.92 Å². The van der Waals surface area contributed by atoms with Crippen LogP contribution in [0.2, 0.25) is 5.02 Å². The topological polar surface area (TPSA) is 66.3 Å². The van der Waals surface area contributed by atoms with E-state index in [1.165, 1.54) is 0 Å². The number of amides is 1. The highest BCUT2D eigenvalue weighted by atomic mass is 35.5. The van der Waals surface area contributed by atoms with E-state index in [4.69, 9.17) is 11.6 Å². The van der Waals surface area contributed by atoms with Gasteiger partial charge in [0.1, 0.15) is 6.33 Å². The number of halogens is 1. The summed E-state index contributed by atoms with van der Waals surface area (Å²) < 4.78 is 0. The van der Waals surface area contributed by atoms with Crippen molar-refractivity contribution in [3.63, 3.8) is 0 Å². The van der Waals surface area contributed by atoms with E-state index in [0.717, 1.165) is 24.1 Å². The second-order valence-electron chi connectivity index (χ2n) is 6.14. The minimum atomic E-state index is -1.14. The van der Waals surface area contributed by atoms with E-state index in [2.05, 4.69) is 9.97 Å². The molecule has 1 aliphatic heterocycles. The van der Waals surface area contributed by atoms with Crippen LogP contribution < -0.4 is 0 Å². The van der Waals surface area contributed by atoms with Gasteiger partial charge in [-0.25, -0.2) is 9.97 Å². The van der Waals surface area contributed by atoms with Gasteiger partial charge in [0, 0.05) is 35.9 Å². The van der Waals surface area contributed by atoms with E-state index in [1.807, 2.05) is 13.1 Å². The summed E-state index contributed by atoms with van der Waals surface area (Å²) >= 11 is 5.84. The normalized spacial score (nSPS) is 16.9. The molecule has 3 rings (SSSR count). The molecule has 1 aliphatic rings. The summed E-state index contributed by atoms with van der Waals surface area (Å²) in [6.07, 6.45) is 3.95. The molecule has 0 spiro atoms. The van der Waals surface area contributed by atoms with Crippen molar-refractivity contribution in [2.24, 2.45) is 0 Å². The molecule has 1 amide bonds. The highest BCUT2D eigenvalue weighted by Crippen LogP contribution is 2.29. The fourth-order valence-electron chi connectivity index (χ4n) is 3.17. The first-order valence-corrected chi connectivity index (χ1v) is 8.43. The van der Waals surface area contributed by atoms with E-state index in [-0.39, 0.29) is 5.91 Å². The van der Waals surface area contributed by atoms with Crippen LogP contribution in [0.4, 0.5) is 0 Å². The zero-order valence-electron chi connectivity index (χ0n) is 13.5. The van der Waals surface area contributed by atoms with E-state index >= 15 is 0 Å². The molecule has 1 atom stereocenters. The van der Waals surface area contributed by atoms with Gasteiger partial charge >= 0.3 is 0 Å². The van der Waals surface area contributed by atoms with Crippen molar-refractivity contribution in [1.82, 2.24) is 14.9 Å². The molecule has 0 radical (unpaired) electrons. The third-order valence-electron chi connectivity index (χ3n) is 4.55. The molecule has 1 aromatic heterocycles. The highest BCUT2D eigenvalue weighted by molar-refractivity contribution is 6.30. The molecular formula is C18H20ClN3O2. The van der Waals surface area contributed by atoms with Crippen molar-refractivity contribution in [3.05, 3.63) is 58.6 Å². The number of aliphatic hydroxyl groups is 1. The lowest BCUT2D eigenvalue weighted by Gasteiger charge is -2.33. The van der Waals surface area contributed by atoms with Crippen LogP contribution in [-0.4, -0.2) is 39.0 Å². The lowest BCUT2D eigenvalue weighted by atomic mass is 9.91. The Morgan fingerprint density at radius 1 is 1.29 bits per heavy atom. The summed E-state index contributed by atoms with van der Waals surface area (Å²) in [5, 5.41) is 10.9. The van der Waals surface area contributed by atoms with Gasteiger partial charge in [0.05, 0.1) is 0 Å². The molecule has 0 saturated carbocycles. The Hall–Kier alpha value is -1.98. The second-order valence-corrected chi connectivity index (χ2v) is 6.58. The molecular weight excluding hydrogens is 326 g/mol. The van der Waals surface area contributed by atoms with Gasteiger partial charge in [0.15, 0.2) is 6.10 Å². The minimum absolute atomic E-state index is 0.254. The number of likely N-dealkylation sites (tertiary alicyclic amines) is 1. The van der Waals surface area contributed by atoms with E-state index < -0.39 is 6.10 Å². The standard InChI is InChI=1S/C18H20ClN3O2/c1-12-10-20-11-21-16(12)13-6-8-22(9-7-13)18(24)17(23)14-2-4-15(19)5-3-14/h2-5,10-11,13,17,23H,6-9H2,1H3. The third-order valence-corrected chi connectivity index (χ3v) is 4.80. The molecule has 126 valence electrons. The Morgan fingerprint density at radius 2 is 1.96 bits per heavy atom. The van der Waals surface area contributed by atoms with Gasteiger partial charge in [-0.05, 0) is 43.0 Å². The molecule has 5 nitrogen and oxygen atoms in total. The highest BCUT2D eigenvalue weighted by Gasteiger charge is 2.29. The Balaban J connectivity index is 1.63. The molecule has 24 heavy (non-hydrogen) atoms. The van der Waals surface area contributed by atoms with Gasteiger partial charge in [-0.1, -0.05) is 23.7 Å². The predicted molar refractivity (Wildman–Crippen MR) is 91.7 cm³/mol. The van der Waals surface area contributed by atoms with Crippen LogP contribution in [-0.2, 0) is 4.79 Å². The Morgan fingerprint density at radius 3 is 2.58 bits per heavy atom. The number of rotatable bonds is 3. The Kier molecular flexibility index (Phi) is 5.11. The summed E-state index contributed by atoms with van der Waals surface area (Å²) in [5.74, 6) is 0.0832. The van der Waals surface area contributed by atoms with Crippen LogP contribution in [0.15, 0.2) is 36.8 Å².